The van der Waals surface area contributed by atoms with Gasteiger partial charge in [-0.05, 0) is 29.7 Å². The number of rotatable bonds is 8. The molecule has 2 aromatic rings. The number of hydrogen-bond acceptors (Lipinski definition) is 6. The van der Waals surface area contributed by atoms with E-state index in [1.807, 2.05) is 18.2 Å². The minimum Gasteiger partial charge on any atom is -0.468 e. The van der Waals surface area contributed by atoms with Gasteiger partial charge in [0.25, 0.3) is 0 Å². The molecule has 0 spiro atoms. The zero-order valence-corrected chi connectivity index (χ0v) is 16.7. The minimum absolute atomic E-state index is 0.0871. The second-order valence-electron chi connectivity index (χ2n) is 6.84. The number of benzene rings is 1. The third-order valence-corrected chi connectivity index (χ3v) is 5.09. The Bertz CT molecular complexity index is 804. The van der Waals surface area contributed by atoms with E-state index in [4.69, 9.17) is 13.9 Å². The summed E-state index contributed by atoms with van der Waals surface area (Å²) in [5.41, 5.74) is 2.61. The highest BCUT2D eigenvalue weighted by Gasteiger charge is 2.28. The van der Waals surface area contributed by atoms with E-state index < -0.39 is 18.1 Å². The van der Waals surface area contributed by atoms with Crippen LogP contribution in [0.15, 0.2) is 47.1 Å². The first kappa shape index (κ1) is 21.0. The van der Waals surface area contributed by atoms with Gasteiger partial charge in [-0.2, -0.15) is 0 Å². The van der Waals surface area contributed by atoms with E-state index in [9.17, 15) is 9.59 Å². The highest BCUT2D eigenvalue weighted by Crippen LogP contribution is 2.27. The zero-order valence-electron chi connectivity index (χ0n) is 16.7. The lowest BCUT2D eigenvalue weighted by atomic mass is 9.98. The normalized spacial score (nSPS) is 15.0. The van der Waals surface area contributed by atoms with E-state index in [1.54, 1.807) is 6.26 Å². The van der Waals surface area contributed by atoms with Gasteiger partial charge < -0.3 is 24.5 Å². The smallest absolute Gasteiger partial charge is 0.309 e. The van der Waals surface area contributed by atoms with Crippen molar-refractivity contribution >= 4 is 11.8 Å². The standard InChI is InChI=1S/C21H27N3O5/c1-27-19(28-2)13-23-21(26)20(25)22-12-17(18-8-5-11-29-18)24-10-9-15-6-3-4-7-16(15)14-24/h3-8,11,17,19H,9-10,12-14H2,1-2H3,(H,22,25)(H,23,26)/t17-/m0/s1. The first-order valence-electron chi connectivity index (χ1n) is 9.58. The van der Waals surface area contributed by atoms with Crippen LogP contribution in [0.3, 0.4) is 0 Å². The van der Waals surface area contributed by atoms with Gasteiger partial charge in [-0.15, -0.1) is 0 Å². The summed E-state index contributed by atoms with van der Waals surface area (Å²) in [6.45, 7) is 1.95. The van der Waals surface area contributed by atoms with Crippen LogP contribution in [0, 0.1) is 0 Å². The fourth-order valence-corrected chi connectivity index (χ4v) is 3.46. The summed E-state index contributed by atoms with van der Waals surface area (Å²) in [5.74, 6) is -0.680. The summed E-state index contributed by atoms with van der Waals surface area (Å²) in [5, 5.41) is 5.21. The van der Waals surface area contributed by atoms with Crippen LogP contribution in [-0.2, 0) is 32.0 Å². The Morgan fingerprint density at radius 3 is 2.38 bits per heavy atom. The van der Waals surface area contributed by atoms with Crippen molar-refractivity contribution in [1.29, 1.82) is 0 Å². The van der Waals surface area contributed by atoms with E-state index in [1.165, 1.54) is 25.3 Å². The van der Waals surface area contributed by atoms with Crippen molar-refractivity contribution in [2.45, 2.75) is 25.3 Å². The molecule has 1 aromatic heterocycles. The molecule has 0 unspecified atom stereocenters. The topological polar surface area (TPSA) is 93.0 Å². The van der Waals surface area contributed by atoms with E-state index in [0.717, 1.165) is 25.3 Å². The maximum atomic E-state index is 12.2. The number of methoxy groups -OCH3 is 2. The molecule has 2 amide bonds. The van der Waals surface area contributed by atoms with Gasteiger partial charge in [0, 0.05) is 33.9 Å². The van der Waals surface area contributed by atoms with Gasteiger partial charge in [-0.3, -0.25) is 14.5 Å². The molecular weight excluding hydrogens is 374 g/mol. The molecule has 3 rings (SSSR count). The number of amides is 2. The molecule has 1 atom stereocenters. The number of carbonyl (C=O) groups excluding carboxylic acids is 2. The third kappa shape index (κ3) is 5.44. The van der Waals surface area contributed by atoms with Crippen molar-refractivity contribution in [2.24, 2.45) is 0 Å². The molecule has 8 heteroatoms. The van der Waals surface area contributed by atoms with Gasteiger partial charge in [0.05, 0.1) is 18.8 Å². The molecule has 29 heavy (non-hydrogen) atoms. The number of nitrogens with one attached hydrogen (secondary N) is 2. The van der Waals surface area contributed by atoms with Crippen LogP contribution < -0.4 is 10.6 Å². The number of fused-ring (bicyclic) bond motifs is 1. The fourth-order valence-electron chi connectivity index (χ4n) is 3.46. The van der Waals surface area contributed by atoms with Crippen molar-refractivity contribution in [2.75, 3.05) is 33.9 Å². The molecule has 0 aliphatic carbocycles. The van der Waals surface area contributed by atoms with Crippen molar-refractivity contribution < 1.29 is 23.5 Å². The molecule has 2 heterocycles. The Morgan fingerprint density at radius 1 is 1.03 bits per heavy atom. The largest absolute Gasteiger partial charge is 0.468 e. The average molecular weight is 401 g/mol. The third-order valence-electron chi connectivity index (χ3n) is 5.09. The van der Waals surface area contributed by atoms with Gasteiger partial charge in [-0.1, -0.05) is 24.3 Å². The van der Waals surface area contributed by atoms with Gasteiger partial charge in [0.15, 0.2) is 6.29 Å². The Kier molecular flexibility index (Phi) is 7.40. The molecule has 1 aliphatic heterocycles. The van der Waals surface area contributed by atoms with Crippen LogP contribution in [0.2, 0.25) is 0 Å². The Balaban J connectivity index is 1.61. The molecule has 2 N–H and O–H groups in total. The maximum absolute atomic E-state index is 12.2. The summed E-state index contributed by atoms with van der Waals surface area (Å²) < 4.78 is 15.6. The highest BCUT2D eigenvalue weighted by molar-refractivity contribution is 6.35. The van der Waals surface area contributed by atoms with Crippen molar-refractivity contribution in [1.82, 2.24) is 15.5 Å². The summed E-state index contributed by atoms with van der Waals surface area (Å²) in [4.78, 5) is 26.5. The van der Waals surface area contributed by atoms with Crippen LogP contribution in [0.4, 0.5) is 0 Å². The molecule has 0 bridgehead atoms. The zero-order chi connectivity index (χ0) is 20.6. The molecule has 156 valence electrons. The van der Waals surface area contributed by atoms with Crippen LogP contribution in [0.5, 0.6) is 0 Å². The van der Waals surface area contributed by atoms with Crippen molar-refractivity contribution in [3.8, 4) is 0 Å². The second kappa shape index (κ2) is 10.2. The number of ether oxygens (including phenoxy) is 2. The lowest BCUT2D eigenvalue weighted by Crippen LogP contribution is -2.46. The van der Waals surface area contributed by atoms with Crippen molar-refractivity contribution in [3.05, 3.63) is 59.5 Å². The molecule has 1 aromatic carbocycles. The summed E-state index contributed by atoms with van der Waals surface area (Å²) >= 11 is 0. The van der Waals surface area contributed by atoms with Gasteiger partial charge in [0.2, 0.25) is 0 Å². The van der Waals surface area contributed by atoms with Crippen LogP contribution >= 0.6 is 0 Å². The van der Waals surface area contributed by atoms with E-state index >= 15 is 0 Å². The predicted octanol–water partition coefficient (Wildman–Crippen LogP) is 1.23. The molecule has 0 radical (unpaired) electrons. The second-order valence-corrected chi connectivity index (χ2v) is 6.84. The first-order valence-corrected chi connectivity index (χ1v) is 9.58. The van der Waals surface area contributed by atoms with Crippen LogP contribution in [0.1, 0.15) is 22.9 Å². The van der Waals surface area contributed by atoms with Crippen LogP contribution in [0.25, 0.3) is 0 Å². The summed E-state index contributed by atoms with van der Waals surface area (Å²) in [6, 6.07) is 11.9. The van der Waals surface area contributed by atoms with Gasteiger partial charge in [-0.25, -0.2) is 0 Å². The lowest BCUT2D eigenvalue weighted by molar-refractivity contribution is -0.141. The first-order chi connectivity index (χ1) is 14.1. The van der Waals surface area contributed by atoms with E-state index in [-0.39, 0.29) is 19.1 Å². The molecule has 0 saturated heterocycles. The monoisotopic (exact) mass is 401 g/mol. The highest BCUT2D eigenvalue weighted by atomic mass is 16.7. The number of carbonyl (C=O) groups is 2. The Labute approximate surface area is 170 Å². The number of furan rings is 1. The Morgan fingerprint density at radius 2 is 1.72 bits per heavy atom. The lowest BCUT2D eigenvalue weighted by Gasteiger charge is -2.34. The molecule has 1 aliphatic rings. The molecule has 0 saturated carbocycles. The SMILES string of the molecule is COC(CNC(=O)C(=O)NC[C@@H](c1ccco1)N1CCc2ccccc2C1)OC. The quantitative estimate of drug-likeness (QED) is 0.511. The molecule has 8 nitrogen and oxygen atoms in total. The maximum Gasteiger partial charge on any atom is 0.309 e. The number of hydrogen-bond donors (Lipinski definition) is 2. The summed E-state index contributed by atoms with van der Waals surface area (Å²) in [7, 11) is 2.93. The van der Waals surface area contributed by atoms with E-state index in [2.05, 4.69) is 33.7 Å². The van der Waals surface area contributed by atoms with Gasteiger partial charge in [0.1, 0.15) is 5.76 Å². The average Bonchev–Trinajstić information content (AvgIpc) is 3.28. The minimum atomic E-state index is -0.730. The fraction of sp³-hybridized carbons (Fsp3) is 0.429. The van der Waals surface area contributed by atoms with Crippen LogP contribution in [-0.4, -0.2) is 56.9 Å². The molecular formula is C21H27N3O5. The van der Waals surface area contributed by atoms with Crippen molar-refractivity contribution in [3.63, 3.8) is 0 Å². The van der Waals surface area contributed by atoms with Gasteiger partial charge >= 0.3 is 11.8 Å². The number of nitrogens with zero attached hydrogens (tertiary/aromatic N) is 1. The van der Waals surface area contributed by atoms with E-state index in [0.29, 0.717) is 0 Å². The predicted molar refractivity (Wildman–Crippen MR) is 106 cm³/mol. The Hall–Kier alpha value is -2.68. The molecule has 0 fully saturated rings. The summed E-state index contributed by atoms with van der Waals surface area (Å²) in [6.07, 6.45) is 1.94.